The Morgan fingerprint density at radius 3 is 2.96 bits per heavy atom. The van der Waals surface area contributed by atoms with Gasteiger partial charge in [0, 0.05) is 11.8 Å². The Kier molecular flexibility index (Phi) is 2.87. The number of benzene rings is 1. The molecule has 3 heterocycles. The van der Waals surface area contributed by atoms with Crippen LogP contribution in [0.1, 0.15) is 10.5 Å². The summed E-state index contributed by atoms with van der Waals surface area (Å²) in [6.07, 6.45) is 1.54. The van der Waals surface area contributed by atoms with Crippen molar-refractivity contribution >= 4 is 22.7 Å². The molecular formula is C15H10N4O4. The second kappa shape index (κ2) is 5.02. The van der Waals surface area contributed by atoms with Gasteiger partial charge in [-0.15, -0.1) is 0 Å². The van der Waals surface area contributed by atoms with Crippen LogP contribution in [0.2, 0.25) is 0 Å². The Morgan fingerprint density at radius 2 is 2.13 bits per heavy atom. The highest BCUT2D eigenvalue weighted by atomic mass is 16.4. The molecule has 0 fully saturated rings. The monoisotopic (exact) mass is 310 g/mol. The van der Waals surface area contributed by atoms with Crippen LogP contribution in [0.3, 0.4) is 0 Å². The van der Waals surface area contributed by atoms with Crippen molar-refractivity contribution in [3.05, 3.63) is 58.9 Å². The number of nitrogens with zero attached hydrogens (tertiary/aromatic N) is 1. The summed E-state index contributed by atoms with van der Waals surface area (Å²) in [6, 6.07) is 9.94. The maximum atomic E-state index is 12.2. The van der Waals surface area contributed by atoms with E-state index in [-0.39, 0.29) is 11.6 Å². The SMILES string of the molecule is O=C(Nc1ccc2oc(=O)[nH]c2c1)c1cc(-c2ccco2)[nH]n1. The van der Waals surface area contributed by atoms with Crippen molar-refractivity contribution in [2.24, 2.45) is 0 Å². The summed E-state index contributed by atoms with van der Waals surface area (Å²) in [5.41, 5.74) is 2.27. The van der Waals surface area contributed by atoms with E-state index in [0.29, 0.717) is 28.2 Å². The standard InChI is InChI=1S/C15H10N4O4/c20-14(11-7-10(18-19-11)12-2-1-5-22-12)16-8-3-4-13-9(6-8)17-15(21)23-13/h1-7H,(H,16,20)(H,17,21)(H,18,19). The molecule has 23 heavy (non-hydrogen) atoms. The highest BCUT2D eigenvalue weighted by Gasteiger charge is 2.13. The lowest BCUT2D eigenvalue weighted by molar-refractivity contribution is 0.102. The summed E-state index contributed by atoms with van der Waals surface area (Å²) in [4.78, 5) is 25.9. The first kappa shape index (κ1) is 13.1. The Balaban J connectivity index is 1.57. The lowest BCUT2D eigenvalue weighted by atomic mass is 10.2. The van der Waals surface area contributed by atoms with E-state index in [9.17, 15) is 9.59 Å². The Hall–Kier alpha value is -3.55. The summed E-state index contributed by atoms with van der Waals surface area (Å²) < 4.78 is 10.1. The number of hydrogen-bond donors (Lipinski definition) is 3. The zero-order valence-corrected chi connectivity index (χ0v) is 11.6. The fourth-order valence-electron chi connectivity index (χ4n) is 2.22. The van der Waals surface area contributed by atoms with Crippen LogP contribution in [0.15, 0.2) is 56.3 Å². The predicted octanol–water partition coefficient (Wildman–Crippen LogP) is 2.36. The number of H-pyrrole nitrogens is 2. The molecule has 0 aliphatic heterocycles. The van der Waals surface area contributed by atoms with Gasteiger partial charge in [0.05, 0.1) is 11.8 Å². The van der Waals surface area contributed by atoms with Gasteiger partial charge in [-0.05, 0) is 30.3 Å². The van der Waals surface area contributed by atoms with Crippen LogP contribution in [-0.2, 0) is 0 Å². The number of oxazole rings is 1. The first-order chi connectivity index (χ1) is 11.2. The normalized spacial score (nSPS) is 11.0. The molecule has 0 spiro atoms. The number of furan rings is 1. The van der Waals surface area contributed by atoms with Crippen molar-refractivity contribution in [3.8, 4) is 11.5 Å². The third-order valence-corrected chi connectivity index (χ3v) is 3.27. The number of carbonyl (C=O) groups excluding carboxylic acids is 1. The Labute approximate surface area is 128 Å². The van der Waals surface area contributed by atoms with Gasteiger partial charge in [-0.2, -0.15) is 5.10 Å². The van der Waals surface area contributed by atoms with Gasteiger partial charge in [0.15, 0.2) is 17.0 Å². The molecule has 0 radical (unpaired) electrons. The number of fused-ring (bicyclic) bond motifs is 1. The van der Waals surface area contributed by atoms with Crippen molar-refractivity contribution in [1.29, 1.82) is 0 Å². The fourth-order valence-corrected chi connectivity index (χ4v) is 2.22. The molecule has 8 nitrogen and oxygen atoms in total. The molecule has 0 bridgehead atoms. The van der Waals surface area contributed by atoms with Gasteiger partial charge in [0.2, 0.25) is 0 Å². The van der Waals surface area contributed by atoms with Gasteiger partial charge >= 0.3 is 5.76 Å². The van der Waals surface area contributed by atoms with E-state index >= 15 is 0 Å². The number of carbonyl (C=O) groups is 1. The molecule has 1 aromatic carbocycles. The number of aromatic nitrogens is 3. The Bertz CT molecular complexity index is 1040. The van der Waals surface area contributed by atoms with Gasteiger partial charge in [-0.3, -0.25) is 14.9 Å². The van der Waals surface area contributed by atoms with E-state index in [1.165, 1.54) is 6.26 Å². The van der Waals surface area contributed by atoms with Gasteiger partial charge in [-0.1, -0.05) is 0 Å². The number of anilines is 1. The molecule has 0 saturated heterocycles. The van der Waals surface area contributed by atoms with Gasteiger partial charge < -0.3 is 14.2 Å². The van der Waals surface area contributed by atoms with Crippen molar-refractivity contribution < 1.29 is 13.6 Å². The Morgan fingerprint density at radius 1 is 1.22 bits per heavy atom. The minimum absolute atomic E-state index is 0.220. The zero-order chi connectivity index (χ0) is 15.8. The number of nitrogens with one attached hydrogen (secondary N) is 3. The van der Waals surface area contributed by atoms with Crippen molar-refractivity contribution in [3.63, 3.8) is 0 Å². The van der Waals surface area contributed by atoms with Crippen LogP contribution in [0.25, 0.3) is 22.6 Å². The molecule has 3 aromatic heterocycles. The molecule has 0 aliphatic carbocycles. The second-order valence-corrected chi connectivity index (χ2v) is 4.82. The molecular weight excluding hydrogens is 300 g/mol. The van der Waals surface area contributed by atoms with Gasteiger partial charge in [0.25, 0.3) is 5.91 Å². The van der Waals surface area contributed by atoms with Crippen molar-refractivity contribution in [2.45, 2.75) is 0 Å². The number of hydrogen-bond acceptors (Lipinski definition) is 5. The second-order valence-electron chi connectivity index (χ2n) is 4.82. The number of rotatable bonds is 3. The van der Waals surface area contributed by atoms with Gasteiger partial charge in [-0.25, -0.2) is 4.79 Å². The van der Waals surface area contributed by atoms with E-state index in [1.807, 2.05) is 0 Å². The van der Waals surface area contributed by atoms with E-state index in [4.69, 9.17) is 8.83 Å². The first-order valence-corrected chi connectivity index (χ1v) is 6.72. The van der Waals surface area contributed by atoms with Crippen LogP contribution < -0.4 is 11.1 Å². The lowest BCUT2D eigenvalue weighted by Crippen LogP contribution is -2.12. The highest BCUT2D eigenvalue weighted by Crippen LogP contribution is 2.19. The average Bonchev–Trinajstić information content (AvgIpc) is 3.26. The van der Waals surface area contributed by atoms with Crippen LogP contribution in [0.5, 0.6) is 0 Å². The highest BCUT2D eigenvalue weighted by molar-refractivity contribution is 6.04. The summed E-state index contributed by atoms with van der Waals surface area (Å²) in [5.74, 6) is -0.336. The largest absolute Gasteiger partial charge is 0.463 e. The van der Waals surface area contributed by atoms with E-state index in [2.05, 4.69) is 20.5 Å². The molecule has 0 aliphatic rings. The third-order valence-electron chi connectivity index (χ3n) is 3.27. The molecule has 0 unspecified atom stereocenters. The van der Waals surface area contributed by atoms with Crippen molar-refractivity contribution in [2.75, 3.05) is 5.32 Å². The van der Waals surface area contributed by atoms with Crippen LogP contribution in [0.4, 0.5) is 5.69 Å². The van der Waals surface area contributed by atoms with E-state index in [1.54, 1.807) is 36.4 Å². The minimum Gasteiger partial charge on any atom is -0.463 e. The predicted molar refractivity (Wildman–Crippen MR) is 81.1 cm³/mol. The van der Waals surface area contributed by atoms with Crippen LogP contribution >= 0.6 is 0 Å². The summed E-state index contributed by atoms with van der Waals surface area (Å²) in [7, 11) is 0. The molecule has 4 rings (SSSR count). The average molecular weight is 310 g/mol. The summed E-state index contributed by atoms with van der Waals surface area (Å²) >= 11 is 0. The van der Waals surface area contributed by atoms with E-state index in [0.717, 1.165) is 0 Å². The minimum atomic E-state index is -0.543. The molecule has 0 atom stereocenters. The topological polar surface area (TPSA) is 117 Å². The zero-order valence-electron chi connectivity index (χ0n) is 11.6. The van der Waals surface area contributed by atoms with Crippen LogP contribution in [-0.4, -0.2) is 21.1 Å². The van der Waals surface area contributed by atoms with Crippen molar-refractivity contribution in [1.82, 2.24) is 15.2 Å². The number of amides is 1. The smallest absolute Gasteiger partial charge is 0.417 e. The van der Waals surface area contributed by atoms with E-state index < -0.39 is 5.76 Å². The molecule has 114 valence electrons. The summed E-state index contributed by atoms with van der Waals surface area (Å²) in [5, 5.41) is 9.40. The molecule has 8 heteroatoms. The maximum Gasteiger partial charge on any atom is 0.417 e. The van der Waals surface area contributed by atoms with Crippen LogP contribution in [0, 0.1) is 0 Å². The summed E-state index contributed by atoms with van der Waals surface area (Å²) in [6.45, 7) is 0. The van der Waals surface area contributed by atoms with Gasteiger partial charge in [0.1, 0.15) is 5.69 Å². The first-order valence-electron chi connectivity index (χ1n) is 6.72. The molecule has 4 aromatic rings. The maximum absolute atomic E-state index is 12.2. The third kappa shape index (κ3) is 2.42. The fraction of sp³-hybridized carbons (Fsp3) is 0. The molecule has 0 saturated carbocycles. The quantitative estimate of drug-likeness (QED) is 0.537. The molecule has 3 N–H and O–H groups in total. The number of aromatic amines is 2. The molecule has 1 amide bonds. The lowest BCUT2D eigenvalue weighted by Gasteiger charge is -2.02.